The zero-order valence-corrected chi connectivity index (χ0v) is 24.7. The summed E-state index contributed by atoms with van der Waals surface area (Å²) in [5.74, 6) is 5.57. The van der Waals surface area contributed by atoms with Crippen molar-refractivity contribution < 1.29 is 41.8 Å². The molecule has 1 unspecified atom stereocenters. The van der Waals surface area contributed by atoms with E-state index >= 15 is 0 Å². The summed E-state index contributed by atoms with van der Waals surface area (Å²) < 4.78 is 51.8. The summed E-state index contributed by atoms with van der Waals surface area (Å²) in [5, 5.41) is 14.1. The zero-order valence-electron chi connectivity index (χ0n) is 24.7. The van der Waals surface area contributed by atoms with Crippen LogP contribution in [-0.4, -0.2) is 59.8 Å². The smallest absolute Gasteiger partial charge is 0.416 e. The number of nitrogens with zero attached hydrogens (tertiary/aromatic N) is 1. The van der Waals surface area contributed by atoms with Crippen molar-refractivity contribution in [3.8, 4) is 29.1 Å². The van der Waals surface area contributed by atoms with Crippen LogP contribution < -0.4 is 14.8 Å². The molecule has 1 spiro atoms. The fourth-order valence-corrected chi connectivity index (χ4v) is 8.59. The van der Waals surface area contributed by atoms with Gasteiger partial charge in [0, 0.05) is 60.3 Å². The molecule has 6 rings (SSSR count). The number of benzene rings is 2. The molecule has 2 heterocycles. The Balaban J connectivity index is 1.34. The maximum Gasteiger partial charge on any atom is 0.416 e. The minimum atomic E-state index is -4.45. The standard InChI is InChI=1S/C33H35F3N2O5/c1-18(2)17-38(4)14-13-32-23-10-11-24(37-28(41)12-7-20-5-8-21(9-6-20)33(34,35)36)31(32)43-30-26(40)16-27(42-19(3)39)22(29(30)32)15-25(23)38/h5-6,8-9,16,18,23-25,31H,10-11,13-15,17H2,1-4H3,(H-,37,40,41)/p+1/t23-,24-,25+,31-,32-,38?/m0/s1. The minimum Gasteiger partial charge on any atom is -0.504 e. The molecule has 4 aliphatic rings. The van der Waals surface area contributed by atoms with Gasteiger partial charge in [-0.15, -0.1) is 0 Å². The Hall–Kier alpha value is -3.71. The van der Waals surface area contributed by atoms with E-state index in [0.717, 1.165) is 53.7 Å². The molecule has 0 radical (unpaired) electrons. The highest BCUT2D eigenvalue weighted by Gasteiger charge is 2.69. The largest absolute Gasteiger partial charge is 0.504 e. The van der Waals surface area contributed by atoms with Crippen LogP contribution in [0.5, 0.6) is 17.2 Å². The zero-order chi connectivity index (χ0) is 30.9. The number of alkyl halides is 3. The molecule has 2 aliphatic carbocycles. The molecule has 1 saturated carbocycles. The Morgan fingerprint density at radius 1 is 1.23 bits per heavy atom. The lowest BCUT2D eigenvalue weighted by atomic mass is 9.50. The number of aromatic hydroxyl groups is 1. The first-order chi connectivity index (χ1) is 20.2. The van der Waals surface area contributed by atoms with E-state index in [-0.39, 0.29) is 17.7 Å². The molecule has 2 aliphatic heterocycles. The number of hydrogen-bond acceptors (Lipinski definition) is 5. The van der Waals surface area contributed by atoms with Crippen LogP contribution in [0.3, 0.4) is 0 Å². The Bertz CT molecular complexity index is 1540. The number of nitrogens with one attached hydrogen (secondary N) is 1. The van der Waals surface area contributed by atoms with Gasteiger partial charge in [0.05, 0.1) is 43.2 Å². The fraction of sp³-hybridized carbons (Fsp3) is 0.515. The average Bonchev–Trinajstić information content (AvgIpc) is 3.27. The van der Waals surface area contributed by atoms with Crippen molar-refractivity contribution in [3.05, 3.63) is 52.6 Å². The number of amides is 1. The molecule has 2 bridgehead atoms. The van der Waals surface area contributed by atoms with E-state index in [0.29, 0.717) is 35.8 Å². The third-order valence-electron chi connectivity index (χ3n) is 9.96. The van der Waals surface area contributed by atoms with Gasteiger partial charge in [0.2, 0.25) is 0 Å². The number of quaternary nitrogens is 1. The molecule has 6 atom stereocenters. The van der Waals surface area contributed by atoms with Gasteiger partial charge in [-0.1, -0.05) is 19.8 Å². The highest BCUT2D eigenvalue weighted by molar-refractivity contribution is 5.94. The van der Waals surface area contributed by atoms with E-state index in [9.17, 15) is 27.9 Å². The molecule has 1 saturated heterocycles. The Kier molecular flexibility index (Phi) is 6.96. The van der Waals surface area contributed by atoms with Gasteiger partial charge in [0.15, 0.2) is 11.5 Å². The third kappa shape index (κ3) is 4.82. The van der Waals surface area contributed by atoms with Gasteiger partial charge in [-0.05, 0) is 37.1 Å². The lowest BCUT2D eigenvalue weighted by Gasteiger charge is -2.62. The summed E-state index contributed by atoms with van der Waals surface area (Å²) >= 11 is 0. The van der Waals surface area contributed by atoms with Crippen LogP contribution in [0.25, 0.3) is 0 Å². The van der Waals surface area contributed by atoms with E-state index in [2.05, 4.69) is 38.1 Å². The quantitative estimate of drug-likeness (QED) is 0.231. The van der Waals surface area contributed by atoms with Crippen LogP contribution in [0.15, 0.2) is 30.3 Å². The number of likely N-dealkylation sites (tertiary alicyclic amines) is 1. The normalized spacial score (nSPS) is 30.0. The molecule has 2 aromatic rings. The number of ether oxygens (including phenoxy) is 2. The van der Waals surface area contributed by atoms with Crippen molar-refractivity contribution in [3.63, 3.8) is 0 Å². The van der Waals surface area contributed by atoms with E-state index in [1.165, 1.54) is 25.1 Å². The fourth-order valence-electron chi connectivity index (χ4n) is 8.59. The first kappa shape index (κ1) is 29.4. The second-order valence-electron chi connectivity index (χ2n) is 13.1. The van der Waals surface area contributed by atoms with Crippen molar-refractivity contribution >= 4 is 11.9 Å². The predicted molar refractivity (Wildman–Crippen MR) is 151 cm³/mol. The van der Waals surface area contributed by atoms with Crippen LogP contribution >= 0.6 is 0 Å². The van der Waals surface area contributed by atoms with Gasteiger partial charge in [-0.2, -0.15) is 13.2 Å². The summed E-state index contributed by atoms with van der Waals surface area (Å²) in [4.78, 5) is 25.1. The first-order valence-corrected chi connectivity index (χ1v) is 14.8. The topological polar surface area (TPSA) is 84.9 Å². The number of phenols is 1. The number of halogens is 3. The van der Waals surface area contributed by atoms with E-state index in [4.69, 9.17) is 9.47 Å². The average molecular weight is 598 g/mol. The van der Waals surface area contributed by atoms with Gasteiger partial charge in [-0.25, -0.2) is 0 Å². The van der Waals surface area contributed by atoms with Gasteiger partial charge in [0.25, 0.3) is 5.91 Å². The number of rotatable bonds is 4. The molecular weight excluding hydrogens is 561 g/mol. The number of carbonyl (C=O) groups excluding carboxylic acids is 2. The second-order valence-corrected chi connectivity index (χ2v) is 13.1. The molecular formula is C33H36F3N2O5+. The van der Waals surface area contributed by atoms with E-state index < -0.39 is 41.2 Å². The molecule has 228 valence electrons. The van der Waals surface area contributed by atoms with E-state index in [1.807, 2.05) is 0 Å². The maximum absolute atomic E-state index is 13.0. The van der Waals surface area contributed by atoms with Crippen molar-refractivity contribution in [1.29, 1.82) is 0 Å². The lowest BCUT2D eigenvalue weighted by Crippen LogP contribution is -2.73. The van der Waals surface area contributed by atoms with Crippen LogP contribution in [0.4, 0.5) is 13.2 Å². The summed E-state index contributed by atoms with van der Waals surface area (Å²) in [7, 11) is 2.31. The summed E-state index contributed by atoms with van der Waals surface area (Å²) in [5.41, 5.74) is 0.839. The van der Waals surface area contributed by atoms with Crippen LogP contribution in [0, 0.1) is 23.7 Å². The van der Waals surface area contributed by atoms with Crippen LogP contribution in [0.1, 0.15) is 62.3 Å². The summed E-state index contributed by atoms with van der Waals surface area (Å²) in [6, 6.07) is 5.67. The maximum atomic E-state index is 13.0. The molecule has 2 aromatic carbocycles. The number of likely N-dealkylation sites (N-methyl/N-ethyl adjacent to an activating group) is 1. The first-order valence-electron chi connectivity index (χ1n) is 14.8. The minimum absolute atomic E-state index is 0.0897. The monoisotopic (exact) mass is 597 g/mol. The lowest BCUT2D eigenvalue weighted by molar-refractivity contribution is -0.947. The Morgan fingerprint density at radius 2 is 1.95 bits per heavy atom. The number of piperidine rings is 1. The second kappa shape index (κ2) is 10.2. The molecule has 1 amide bonds. The molecule has 7 nitrogen and oxygen atoms in total. The third-order valence-corrected chi connectivity index (χ3v) is 9.96. The van der Waals surface area contributed by atoms with Crippen molar-refractivity contribution in [2.24, 2.45) is 11.8 Å². The van der Waals surface area contributed by atoms with Gasteiger partial charge in [0.1, 0.15) is 11.9 Å². The molecule has 2 N–H and O–H groups in total. The van der Waals surface area contributed by atoms with Crippen molar-refractivity contribution in [2.75, 3.05) is 20.1 Å². The highest BCUT2D eigenvalue weighted by atomic mass is 19.4. The van der Waals surface area contributed by atoms with Crippen molar-refractivity contribution in [1.82, 2.24) is 5.32 Å². The van der Waals surface area contributed by atoms with Gasteiger partial charge >= 0.3 is 12.1 Å². The molecule has 10 heteroatoms. The van der Waals surface area contributed by atoms with Crippen LogP contribution in [-0.2, 0) is 27.6 Å². The van der Waals surface area contributed by atoms with E-state index in [1.54, 1.807) is 0 Å². The summed E-state index contributed by atoms with van der Waals surface area (Å²) in [6.07, 6.45) is -1.92. The van der Waals surface area contributed by atoms with Crippen LogP contribution in [0.2, 0.25) is 0 Å². The molecule has 2 fully saturated rings. The SMILES string of the molecule is CC(=O)Oc1cc(O)c2c3c1C[C@@H]1[C@@H]4CC[C@H](NC(=O)C#Cc5ccc(C(F)(F)F)cc5)[C@H](O2)[C@]34CC[N+]1(C)CC(C)C. The Labute approximate surface area is 248 Å². The van der Waals surface area contributed by atoms with Crippen molar-refractivity contribution in [2.45, 2.75) is 76.2 Å². The Morgan fingerprint density at radius 3 is 2.60 bits per heavy atom. The van der Waals surface area contributed by atoms with Gasteiger partial charge in [-0.3, -0.25) is 9.59 Å². The number of esters is 1. The number of carbonyl (C=O) groups is 2. The number of phenolic OH excluding ortho intramolecular Hbond substituents is 1. The molecule has 43 heavy (non-hydrogen) atoms. The molecule has 0 aromatic heterocycles. The number of hydrogen-bond donors (Lipinski definition) is 2. The highest BCUT2D eigenvalue weighted by Crippen LogP contribution is 2.66. The summed E-state index contributed by atoms with van der Waals surface area (Å²) in [6.45, 7) is 7.71. The predicted octanol–water partition coefficient (Wildman–Crippen LogP) is 4.71. The van der Waals surface area contributed by atoms with Gasteiger partial charge < -0.3 is 24.4 Å².